The largest absolute Gasteiger partial charge is 0.467 e. The third kappa shape index (κ3) is 4.06. The Hall–Kier alpha value is -2.66. The molecule has 0 N–H and O–H groups in total. The standard InChI is InChI=1S/C20H22N2O3/c1-25-20(24)18-15-21(14-16-8-4-2-5-9-16)12-13-22(18)19(23)17-10-6-3-7-11-17/h2-11,18H,12-15H2,1H3. The van der Waals surface area contributed by atoms with Gasteiger partial charge in [-0.25, -0.2) is 4.79 Å². The summed E-state index contributed by atoms with van der Waals surface area (Å²) in [6, 6.07) is 18.6. The molecule has 2 aromatic carbocycles. The number of rotatable bonds is 4. The lowest BCUT2D eigenvalue weighted by Gasteiger charge is -2.40. The van der Waals surface area contributed by atoms with Crippen molar-refractivity contribution in [2.75, 3.05) is 26.7 Å². The van der Waals surface area contributed by atoms with Gasteiger partial charge >= 0.3 is 5.97 Å². The van der Waals surface area contributed by atoms with Crippen LogP contribution in [0, 0.1) is 0 Å². The monoisotopic (exact) mass is 338 g/mol. The molecule has 0 spiro atoms. The summed E-state index contributed by atoms with van der Waals surface area (Å²) in [7, 11) is 1.36. The maximum Gasteiger partial charge on any atom is 0.329 e. The number of carbonyl (C=O) groups excluding carboxylic acids is 2. The second-order valence-electron chi connectivity index (χ2n) is 6.12. The number of piperazine rings is 1. The topological polar surface area (TPSA) is 49.9 Å². The average molecular weight is 338 g/mol. The minimum Gasteiger partial charge on any atom is -0.467 e. The molecule has 130 valence electrons. The first-order valence-electron chi connectivity index (χ1n) is 8.39. The van der Waals surface area contributed by atoms with Crippen LogP contribution in [0.25, 0.3) is 0 Å². The summed E-state index contributed by atoms with van der Waals surface area (Å²) in [4.78, 5) is 28.9. The van der Waals surface area contributed by atoms with Gasteiger partial charge in [-0.05, 0) is 17.7 Å². The van der Waals surface area contributed by atoms with E-state index in [1.807, 2.05) is 36.4 Å². The number of amides is 1. The van der Waals surface area contributed by atoms with Crippen molar-refractivity contribution in [1.82, 2.24) is 9.80 Å². The van der Waals surface area contributed by atoms with Crippen molar-refractivity contribution in [3.63, 3.8) is 0 Å². The van der Waals surface area contributed by atoms with E-state index in [0.29, 0.717) is 18.7 Å². The molecule has 1 aliphatic heterocycles. The molecule has 1 fully saturated rings. The molecule has 25 heavy (non-hydrogen) atoms. The molecule has 0 aromatic heterocycles. The van der Waals surface area contributed by atoms with Crippen LogP contribution in [0.15, 0.2) is 60.7 Å². The number of benzene rings is 2. The molecule has 5 nitrogen and oxygen atoms in total. The minimum absolute atomic E-state index is 0.129. The highest BCUT2D eigenvalue weighted by molar-refractivity contribution is 5.97. The van der Waals surface area contributed by atoms with Gasteiger partial charge in [0.15, 0.2) is 0 Å². The van der Waals surface area contributed by atoms with Gasteiger partial charge in [0.05, 0.1) is 7.11 Å². The van der Waals surface area contributed by atoms with Crippen molar-refractivity contribution in [2.24, 2.45) is 0 Å². The number of ether oxygens (including phenoxy) is 1. The molecule has 3 rings (SSSR count). The third-order valence-electron chi connectivity index (χ3n) is 4.47. The Labute approximate surface area is 147 Å². The zero-order valence-electron chi connectivity index (χ0n) is 14.3. The summed E-state index contributed by atoms with van der Waals surface area (Å²) in [5.41, 5.74) is 1.78. The van der Waals surface area contributed by atoms with Crippen LogP contribution in [-0.4, -0.2) is 54.5 Å². The summed E-state index contributed by atoms with van der Waals surface area (Å²) in [5, 5.41) is 0. The predicted molar refractivity (Wildman–Crippen MR) is 95.0 cm³/mol. The molecule has 1 saturated heterocycles. The summed E-state index contributed by atoms with van der Waals surface area (Å²) < 4.78 is 4.95. The number of hydrogen-bond donors (Lipinski definition) is 0. The molecule has 1 aliphatic rings. The smallest absolute Gasteiger partial charge is 0.329 e. The highest BCUT2D eigenvalue weighted by atomic mass is 16.5. The van der Waals surface area contributed by atoms with Crippen LogP contribution in [0.5, 0.6) is 0 Å². The Morgan fingerprint density at radius 2 is 1.64 bits per heavy atom. The lowest BCUT2D eigenvalue weighted by Crippen LogP contribution is -2.58. The molecule has 0 aliphatic carbocycles. The second-order valence-corrected chi connectivity index (χ2v) is 6.12. The lowest BCUT2D eigenvalue weighted by molar-refractivity contribution is -0.148. The maximum absolute atomic E-state index is 12.8. The van der Waals surface area contributed by atoms with Crippen LogP contribution in [0.3, 0.4) is 0 Å². The van der Waals surface area contributed by atoms with E-state index in [4.69, 9.17) is 4.74 Å². The maximum atomic E-state index is 12.8. The van der Waals surface area contributed by atoms with E-state index in [2.05, 4.69) is 17.0 Å². The molecule has 1 amide bonds. The molecule has 0 bridgehead atoms. The molecule has 1 unspecified atom stereocenters. The van der Waals surface area contributed by atoms with Gasteiger partial charge in [-0.15, -0.1) is 0 Å². The van der Waals surface area contributed by atoms with Crippen molar-refractivity contribution < 1.29 is 14.3 Å². The minimum atomic E-state index is -0.588. The first-order valence-corrected chi connectivity index (χ1v) is 8.39. The van der Waals surface area contributed by atoms with Crippen LogP contribution in [0.1, 0.15) is 15.9 Å². The van der Waals surface area contributed by atoms with Crippen LogP contribution in [-0.2, 0) is 16.1 Å². The number of nitrogens with zero attached hydrogens (tertiary/aromatic N) is 2. The average Bonchev–Trinajstić information content (AvgIpc) is 2.68. The zero-order chi connectivity index (χ0) is 17.6. The lowest BCUT2D eigenvalue weighted by atomic mass is 10.1. The molecule has 0 saturated carbocycles. The molecule has 1 heterocycles. The van der Waals surface area contributed by atoms with Crippen LogP contribution >= 0.6 is 0 Å². The summed E-state index contributed by atoms with van der Waals surface area (Å²) in [5.74, 6) is -0.502. The van der Waals surface area contributed by atoms with Crippen LogP contribution in [0.4, 0.5) is 0 Å². The number of methoxy groups -OCH3 is 1. The van der Waals surface area contributed by atoms with Crippen molar-refractivity contribution >= 4 is 11.9 Å². The van der Waals surface area contributed by atoms with Gasteiger partial charge in [-0.1, -0.05) is 48.5 Å². The summed E-state index contributed by atoms with van der Waals surface area (Å²) in [6.45, 7) is 2.45. The van der Waals surface area contributed by atoms with Gasteiger partial charge in [0.25, 0.3) is 5.91 Å². The second kappa shape index (κ2) is 7.94. The molecular weight excluding hydrogens is 316 g/mol. The van der Waals surface area contributed by atoms with Gasteiger partial charge in [0.1, 0.15) is 6.04 Å². The van der Waals surface area contributed by atoms with Gasteiger partial charge in [0, 0.05) is 31.7 Å². The van der Waals surface area contributed by atoms with E-state index in [-0.39, 0.29) is 11.9 Å². The number of carbonyl (C=O) groups is 2. The van der Waals surface area contributed by atoms with Crippen molar-refractivity contribution in [3.8, 4) is 0 Å². The van der Waals surface area contributed by atoms with E-state index in [0.717, 1.165) is 13.1 Å². The Bertz CT molecular complexity index is 718. The van der Waals surface area contributed by atoms with E-state index in [1.54, 1.807) is 17.0 Å². The number of esters is 1. The summed E-state index contributed by atoms with van der Waals surface area (Å²) in [6.07, 6.45) is 0. The SMILES string of the molecule is COC(=O)C1CN(Cc2ccccc2)CCN1C(=O)c1ccccc1. The third-order valence-corrected chi connectivity index (χ3v) is 4.47. The van der Waals surface area contributed by atoms with E-state index in [9.17, 15) is 9.59 Å². The van der Waals surface area contributed by atoms with Crippen LogP contribution in [0.2, 0.25) is 0 Å². The molecular formula is C20H22N2O3. The summed E-state index contributed by atoms with van der Waals surface area (Å²) >= 11 is 0. The quantitative estimate of drug-likeness (QED) is 0.802. The fraction of sp³-hybridized carbons (Fsp3) is 0.300. The van der Waals surface area contributed by atoms with E-state index < -0.39 is 6.04 Å². The number of hydrogen-bond acceptors (Lipinski definition) is 4. The fourth-order valence-electron chi connectivity index (χ4n) is 3.15. The molecule has 2 aromatic rings. The van der Waals surface area contributed by atoms with Gasteiger partial charge in [-0.2, -0.15) is 0 Å². The van der Waals surface area contributed by atoms with Gasteiger partial charge < -0.3 is 9.64 Å². The van der Waals surface area contributed by atoms with Crippen molar-refractivity contribution in [2.45, 2.75) is 12.6 Å². The van der Waals surface area contributed by atoms with Crippen molar-refractivity contribution in [1.29, 1.82) is 0 Å². The van der Waals surface area contributed by atoms with Crippen molar-refractivity contribution in [3.05, 3.63) is 71.8 Å². The normalized spacial score (nSPS) is 18.0. The Morgan fingerprint density at radius 3 is 2.28 bits per heavy atom. The predicted octanol–water partition coefficient (Wildman–Crippen LogP) is 2.19. The Balaban J connectivity index is 1.75. The molecule has 5 heteroatoms. The Kier molecular flexibility index (Phi) is 5.46. The van der Waals surface area contributed by atoms with Crippen LogP contribution < -0.4 is 0 Å². The first-order chi connectivity index (χ1) is 12.2. The van der Waals surface area contributed by atoms with Gasteiger partial charge in [-0.3, -0.25) is 9.69 Å². The first kappa shape index (κ1) is 17.2. The fourth-order valence-corrected chi connectivity index (χ4v) is 3.15. The van der Waals surface area contributed by atoms with E-state index >= 15 is 0 Å². The molecule has 0 radical (unpaired) electrons. The Morgan fingerprint density at radius 1 is 1.00 bits per heavy atom. The van der Waals surface area contributed by atoms with Gasteiger partial charge in [0.2, 0.25) is 0 Å². The zero-order valence-corrected chi connectivity index (χ0v) is 14.3. The highest BCUT2D eigenvalue weighted by Crippen LogP contribution is 2.17. The molecule has 1 atom stereocenters. The highest BCUT2D eigenvalue weighted by Gasteiger charge is 2.36. The van der Waals surface area contributed by atoms with E-state index in [1.165, 1.54) is 12.7 Å².